The molecule has 6 heteroatoms. The van der Waals surface area contributed by atoms with Crippen molar-refractivity contribution in [2.75, 3.05) is 7.05 Å². The monoisotopic (exact) mass is 459 g/mol. The third kappa shape index (κ3) is 4.83. The number of nitrogens with one attached hydrogen (secondary N) is 2. The van der Waals surface area contributed by atoms with E-state index in [2.05, 4.69) is 21.7 Å². The van der Waals surface area contributed by atoms with E-state index in [0.29, 0.717) is 30.0 Å². The Kier molecular flexibility index (Phi) is 6.86. The van der Waals surface area contributed by atoms with Crippen LogP contribution in [0.15, 0.2) is 53.5 Å². The molecule has 128 valence electrons. The molecule has 2 aromatic carbocycles. The lowest BCUT2D eigenvalue weighted by atomic mass is 10.1. The molecule has 2 aromatic rings. The van der Waals surface area contributed by atoms with Gasteiger partial charge in [-0.15, -0.1) is 24.0 Å². The van der Waals surface area contributed by atoms with E-state index in [1.165, 1.54) is 11.6 Å². The number of benzene rings is 2. The molecule has 2 N–H and O–H groups in total. The van der Waals surface area contributed by atoms with Gasteiger partial charge in [-0.25, -0.2) is 4.39 Å². The number of hydrogen-bond acceptors (Lipinski definition) is 1. The van der Waals surface area contributed by atoms with Gasteiger partial charge in [0.25, 0.3) is 0 Å². The number of guanidine groups is 1. The van der Waals surface area contributed by atoms with E-state index in [9.17, 15) is 4.39 Å². The molecular weight excluding hydrogens is 440 g/mol. The van der Waals surface area contributed by atoms with Gasteiger partial charge in [-0.1, -0.05) is 41.9 Å². The smallest absolute Gasteiger partial charge is 0.191 e. The van der Waals surface area contributed by atoms with Crippen molar-refractivity contribution in [3.8, 4) is 0 Å². The summed E-state index contributed by atoms with van der Waals surface area (Å²) < 4.78 is 13.6. The second kappa shape index (κ2) is 8.67. The van der Waals surface area contributed by atoms with Crippen molar-refractivity contribution < 1.29 is 4.39 Å². The van der Waals surface area contributed by atoms with Crippen molar-refractivity contribution in [2.45, 2.75) is 24.9 Å². The highest BCUT2D eigenvalue weighted by Gasteiger charge is 2.39. The van der Waals surface area contributed by atoms with Gasteiger partial charge in [-0.2, -0.15) is 0 Å². The van der Waals surface area contributed by atoms with Gasteiger partial charge in [0, 0.05) is 36.1 Å². The molecule has 3 nitrogen and oxygen atoms in total. The first-order chi connectivity index (χ1) is 11.2. The van der Waals surface area contributed by atoms with Crippen LogP contribution in [0.4, 0.5) is 4.39 Å². The Bertz CT molecular complexity index is 723. The summed E-state index contributed by atoms with van der Waals surface area (Å²) in [5.74, 6) is 0.919. The third-order valence-corrected chi connectivity index (χ3v) is 4.25. The Morgan fingerprint density at radius 2 is 2.04 bits per heavy atom. The van der Waals surface area contributed by atoms with Gasteiger partial charge < -0.3 is 10.6 Å². The molecule has 2 atom stereocenters. The van der Waals surface area contributed by atoms with Crippen molar-refractivity contribution in [2.24, 2.45) is 4.99 Å². The lowest BCUT2D eigenvalue weighted by molar-refractivity contribution is 0.604. The van der Waals surface area contributed by atoms with Crippen molar-refractivity contribution >= 4 is 41.5 Å². The van der Waals surface area contributed by atoms with E-state index in [1.54, 1.807) is 19.2 Å². The van der Waals surface area contributed by atoms with E-state index in [0.717, 1.165) is 11.4 Å². The lowest BCUT2D eigenvalue weighted by Gasteiger charge is -2.12. The first kappa shape index (κ1) is 19.0. The number of halogens is 3. The maximum Gasteiger partial charge on any atom is 0.191 e. The van der Waals surface area contributed by atoms with Crippen LogP contribution in [0.25, 0.3) is 0 Å². The molecule has 0 amide bonds. The van der Waals surface area contributed by atoms with Crippen LogP contribution in [0.3, 0.4) is 0 Å². The van der Waals surface area contributed by atoms with Crippen LogP contribution in [-0.4, -0.2) is 19.0 Å². The van der Waals surface area contributed by atoms with Crippen LogP contribution < -0.4 is 10.6 Å². The normalized spacial score (nSPS) is 19.4. The lowest BCUT2D eigenvalue weighted by Crippen LogP contribution is -2.38. The van der Waals surface area contributed by atoms with Gasteiger partial charge in [-0.3, -0.25) is 4.99 Å². The highest BCUT2D eigenvalue weighted by atomic mass is 127. The molecule has 1 aliphatic rings. The molecule has 1 aliphatic carbocycles. The van der Waals surface area contributed by atoms with Crippen LogP contribution in [0.2, 0.25) is 5.02 Å². The highest BCUT2D eigenvalue weighted by molar-refractivity contribution is 14.0. The standard InChI is InChI=1S/C18H19ClFN3.HI/c1-21-18(22-11-13-5-2-3-8-16(13)20)23-17-10-15(17)12-6-4-7-14(19)9-12;/h2-9,15,17H,10-11H2,1H3,(H2,21,22,23);1H. The van der Waals surface area contributed by atoms with Crippen LogP contribution >= 0.6 is 35.6 Å². The Labute approximate surface area is 163 Å². The minimum absolute atomic E-state index is 0. The van der Waals surface area contributed by atoms with Crippen molar-refractivity contribution in [1.29, 1.82) is 0 Å². The topological polar surface area (TPSA) is 36.4 Å². The van der Waals surface area contributed by atoms with E-state index in [-0.39, 0.29) is 29.8 Å². The number of rotatable bonds is 4. The van der Waals surface area contributed by atoms with E-state index in [1.807, 2.05) is 24.3 Å². The summed E-state index contributed by atoms with van der Waals surface area (Å²) in [6.45, 7) is 0.404. The molecule has 0 aromatic heterocycles. The SMILES string of the molecule is CN=C(NCc1ccccc1F)NC1CC1c1cccc(Cl)c1.I. The van der Waals surface area contributed by atoms with Gasteiger partial charge >= 0.3 is 0 Å². The first-order valence-corrected chi connectivity index (χ1v) is 8.01. The zero-order valence-electron chi connectivity index (χ0n) is 13.3. The minimum Gasteiger partial charge on any atom is -0.353 e. The van der Waals surface area contributed by atoms with Crippen LogP contribution in [0, 0.1) is 5.82 Å². The van der Waals surface area contributed by atoms with Gasteiger partial charge in [0.1, 0.15) is 5.82 Å². The molecule has 24 heavy (non-hydrogen) atoms. The second-order valence-electron chi connectivity index (χ2n) is 5.67. The van der Waals surface area contributed by atoms with Crippen LogP contribution in [0.5, 0.6) is 0 Å². The molecule has 0 aliphatic heterocycles. The van der Waals surface area contributed by atoms with Crippen LogP contribution in [-0.2, 0) is 6.54 Å². The zero-order valence-corrected chi connectivity index (χ0v) is 16.4. The molecule has 0 heterocycles. The summed E-state index contributed by atoms with van der Waals surface area (Å²) in [5.41, 5.74) is 1.86. The summed E-state index contributed by atoms with van der Waals surface area (Å²) >= 11 is 6.04. The fourth-order valence-electron chi connectivity index (χ4n) is 2.65. The predicted octanol–water partition coefficient (Wildman–Crippen LogP) is 4.32. The van der Waals surface area contributed by atoms with Crippen LogP contribution in [0.1, 0.15) is 23.5 Å². The average molecular weight is 460 g/mol. The fourth-order valence-corrected chi connectivity index (χ4v) is 2.85. The van der Waals surface area contributed by atoms with E-state index < -0.39 is 0 Å². The first-order valence-electron chi connectivity index (χ1n) is 7.63. The molecule has 0 bridgehead atoms. The molecule has 0 spiro atoms. The number of nitrogens with zero attached hydrogens (tertiary/aromatic N) is 1. The third-order valence-electron chi connectivity index (χ3n) is 4.02. The maximum absolute atomic E-state index is 13.6. The summed E-state index contributed by atoms with van der Waals surface area (Å²) in [4.78, 5) is 4.20. The largest absolute Gasteiger partial charge is 0.353 e. The Hall–Kier alpha value is -1.34. The summed E-state index contributed by atoms with van der Waals surface area (Å²) in [5, 5.41) is 7.29. The molecule has 0 radical (unpaired) electrons. The minimum atomic E-state index is -0.210. The van der Waals surface area contributed by atoms with Gasteiger partial charge in [-0.05, 0) is 30.2 Å². The van der Waals surface area contributed by atoms with E-state index >= 15 is 0 Å². The fraction of sp³-hybridized carbons (Fsp3) is 0.278. The predicted molar refractivity (Wildman–Crippen MR) is 108 cm³/mol. The van der Waals surface area contributed by atoms with Crippen molar-refractivity contribution in [3.05, 3.63) is 70.5 Å². The Balaban J connectivity index is 0.00000208. The van der Waals surface area contributed by atoms with E-state index in [4.69, 9.17) is 11.6 Å². The number of aliphatic imine (C=N–C) groups is 1. The maximum atomic E-state index is 13.6. The second-order valence-corrected chi connectivity index (χ2v) is 6.10. The van der Waals surface area contributed by atoms with Crippen molar-refractivity contribution in [3.63, 3.8) is 0 Å². The van der Waals surface area contributed by atoms with Gasteiger partial charge in [0.15, 0.2) is 5.96 Å². The molecule has 2 unspecified atom stereocenters. The molecule has 0 saturated heterocycles. The zero-order chi connectivity index (χ0) is 16.2. The van der Waals surface area contributed by atoms with Gasteiger partial charge in [0.05, 0.1) is 0 Å². The molecule has 1 saturated carbocycles. The summed E-state index contributed by atoms with van der Waals surface area (Å²) in [7, 11) is 1.72. The summed E-state index contributed by atoms with van der Waals surface area (Å²) in [6.07, 6.45) is 1.04. The number of hydrogen-bond donors (Lipinski definition) is 2. The average Bonchev–Trinajstić information content (AvgIpc) is 3.32. The summed E-state index contributed by atoms with van der Waals surface area (Å²) in [6, 6.07) is 15.0. The quantitative estimate of drug-likeness (QED) is 0.406. The van der Waals surface area contributed by atoms with Gasteiger partial charge in [0.2, 0.25) is 0 Å². The molecular formula is C18H20ClFIN3. The molecule has 3 rings (SSSR count). The Morgan fingerprint density at radius 3 is 2.75 bits per heavy atom. The molecule has 1 fully saturated rings. The Morgan fingerprint density at radius 1 is 1.25 bits per heavy atom. The highest BCUT2D eigenvalue weighted by Crippen LogP contribution is 2.41. The van der Waals surface area contributed by atoms with Crippen molar-refractivity contribution in [1.82, 2.24) is 10.6 Å².